The number of hydrogen-bond donors (Lipinski definition) is 2. The molecule has 0 spiro atoms. The summed E-state index contributed by atoms with van der Waals surface area (Å²) < 4.78 is 45.9. The van der Waals surface area contributed by atoms with Gasteiger partial charge in [-0.05, 0) is 37.5 Å². The number of halogens is 3. The highest BCUT2D eigenvalue weighted by molar-refractivity contribution is 8.13. The number of nitrogens with zero attached hydrogens (tertiary/aromatic N) is 3. The Kier molecular flexibility index (Phi) is 6.38. The largest absolute Gasteiger partial charge is 0.381 e. The molecule has 2 aromatic rings. The number of fused-ring (bicyclic) bond motifs is 1. The van der Waals surface area contributed by atoms with Crippen LogP contribution in [0.25, 0.3) is 0 Å². The third-order valence-electron chi connectivity index (χ3n) is 5.96. The van der Waals surface area contributed by atoms with E-state index >= 15 is 4.39 Å². The molecule has 11 heteroatoms. The van der Waals surface area contributed by atoms with Gasteiger partial charge >= 0.3 is 0 Å². The predicted molar refractivity (Wildman–Crippen MR) is 115 cm³/mol. The van der Waals surface area contributed by atoms with E-state index in [2.05, 4.69) is 15.3 Å². The van der Waals surface area contributed by atoms with Gasteiger partial charge < -0.3 is 15.8 Å². The van der Waals surface area contributed by atoms with Gasteiger partial charge in [-0.1, -0.05) is 11.8 Å². The van der Waals surface area contributed by atoms with Crippen molar-refractivity contribution in [3.8, 4) is 0 Å². The zero-order chi connectivity index (χ0) is 22.9. The fourth-order valence-corrected chi connectivity index (χ4v) is 5.32. The van der Waals surface area contributed by atoms with Crippen LogP contribution in [0.15, 0.2) is 35.6 Å². The van der Waals surface area contributed by atoms with Gasteiger partial charge in [0, 0.05) is 30.0 Å². The zero-order valence-electron chi connectivity index (χ0n) is 17.2. The minimum atomic E-state index is -2.78. The van der Waals surface area contributed by atoms with Crippen molar-refractivity contribution in [1.82, 2.24) is 9.97 Å². The average Bonchev–Trinajstić information content (AvgIpc) is 2.79. The minimum Gasteiger partial charge on any atom is -0.381 e. The average molecular weight is 466 g/mol. The highest BCUT2D eigenvalue weighted by Crippen LogP contribution is 2.50. The normalized spacial score (nSPS) is 25.2. The summed E-state index contributed by atoms with van der Waals surface area (Å²) in [5, 5.41) is 3.03. The van der Waals surface area contributed by atoms with E-state index in [1.54, 1.807) is 13.2 Å². The van der Waals surface area contributed by atoms with Crippen LogP contribution in [0.1, 0.15) is 47.4 Å². The number of benzene rings is 1. The Morgan fingerprint density at radius 1 is 1.34 bits per heavy atom. The molecule has 32 heavy (non-hydrogen) atoms. The van der Waals surface area contributed by atoms with Crippen LogP contribution in [0.4, 0.5) is 18.9 Å². The number of carbonyl (C=O) groups excluding carboxylic acids is 1. The maximum Gasteiger partial charge on any atom is 0.281 e. The van der Waals surface area contributed by atoms with Gasteiger partial charge in [0.15, 0.2) is 5.17 Å². The van der Waals surface area contributed by atoms with Gasteiger partial charge in [-0.2, -0.15) is 0 Å². The van der Waals surface area contributed by atoms with E-state index in [0.29, 0.717) is 35.0 Å². The maximum absolute atomic E-state index is 15.1. The van der Waals surface area contributed by atoms with Crippen LogP contribution in [0.3, 0.4) is 0 Å². The van der Waals surface area contributed by atoms with E-state index in [-0.39, 0.29) is 17.7 Å². The minimum absolute atomic E-state index is 0.0201. The first kappa shape index (κ1) is 22.5. The Morgan fingerprint density at radius 2 is 2.16 bits per heavy atom. The van der Waals surface area contributed by atoms with Gasteiger partial charge in [-0.3, -0.25) is 14.8 Å². The van der Waals surface area contributed by atoms with E-state index in [0.717, 1.165) is 18.8 Å². The molecule has 1 aliphatic heterocycles. The van der Waals surface area contributed by atoms with E-state index in [1.165, 1.54) is 23.9 Å². The molecule has 2 heterocycles. The number of amidine groups is 1. The number of amides is 1. The smallest absolute Gasteiger partial charge is 0.281 e. The summed E-state index contributed by atoms with van der Waals surface area (Å²) in [5.74, 6) is -0.368. The van der Waals surface area contributed by atoms with Gasteiger partial charge in [0.25, 0.3) is 12.3 Å². The molecule has 3 unspecified atom stereocenters. The Hall–Kier alpha value is -2.66. The number of nitrogens with two attached hydrogens (primary N) is 1. The van der Waals surface area contributed by atoms with Crippen molar-refractivity contribution in [3.63, 3.8) is 0 Å². The number of aliphatic imine (C=N–C) groups is 1. The number of thioether (sulfide) groups is 1. The van der Waals surface area contributed by atoms with Crippen LogP contribution in [-0.2, 0) is 10.3 Å². The number of aromatic nitrogens is 2. The number of anilines is 1. The number of rotatable bonds is 5. The lowest BCUT2D eigenvalue weighted by atomic mass is 9.68. The molecular formula is C21H22F3N5O2S. The summed E-state index contributed by atoms with van der Waals surface area (Å²) in [6.07, 6.45) is 1.12. The van der Waals surface area contributed by atoms with E-state index < -0.39 is 29.4 Å². The molecule has 4 rings (SSSR count). The number of methoxy groups -OCH3 is 1. The van der Waals surface area contributed by atoms with Crippen molar-refractivity contribution < 1.29 is 22.7 Å². The Labute approximate surface area is 187 Å². The number of ether oxygens (including phenoxy) is 1. The van der Waals surface area contributed by atoms with Crippen LogP contribution in [0.2, 0.25) is 0 Å². The van der Waals surface area contributed by atoms with Gasteiger partial charge in [0.05, 0.1) is 24.0 Å². The molecule has 3 N–H and O–H groups in total. The molecule has 1 aromatic carbocycles. The Balaban J connectivity index is 1.63. The third kappa shape index (κ3) is 4.31. The lowest BCUT2D eigenvalue weighted by Crippen LogP contribution is -2.46. The first-order valence-corrected chi connectivity index (χ1v) is 11.0. The Morgan fingerprint density at radius 3 is 2.84 bits per heavy atom. The predicted octanol–water partition coefficient (Wildman–Crippen LogP) is 3.88. The highest BCUT2D eigenvalue weighted by Gasteiger charge is 2.48. The molecule has 7 nitrogen and oxygen atoms in total. The molecule has 1 saturated carbocycles. The molecule has 0 bridgehead atoms. The summed E-state index contributed by atoms with van der Waals surface area (Å²) in [6.45, 7) is 0. The quantitative estimate of drug-likeness (QED) is 0.695. The topological polar surface area (TPSA) is 102 Å². The summed E-state index contributed by atoms with van der Waals surface area (Å²) in [6, 6.07) is 4.26. The van der Waals surface area contributed by atoms with Crippen LogP contribution in [0.5, 0.6) is 0 Å². The number of hydrogen-bond acceptors (Lipinski definition) is 7. The van der Waals surface area contributed by atoms with Gasteiger partial charge in [0.1, 0.15) is 17.2 Å². The van der Waals surface area contributed by atoms with Crippen molar-refractivity contribution in [3.05, 3.63) is 53.4 Å². The molecule has 0 saturated heterocycles. The summed E-state index contributed by atoms with van der Waals surface area (Å²) in [7, 11) is 1.67. The van der Waals surface area contributed by atoms with Crippen molar-refractivity contribution in [2.75, 3.05) is 18.2 Å². The second kappa shape index (κ2) is 9.07. The first-order valence-electron chi connectivity index (χ1n) is 10.0. The molecule has 3 atom stereocenters. The Bertz CT molecular complexity index is 1040. The summed E-state index contributed by atoms with van der Waals surface area (Å²) in [4.78, 5) is 24.5. The monoisotopic (exact) mass is 465 g/mol. The molecule has 1 aromatic heterocycles. The fraction of sp³-hybridized carbons (Fsp3) is 0.429. The first-order chi connectivity index (χ1) is 15.3. The van der Waals surface area contributed by atoms with Crippen molar-refractivity contribution in [2.45, 2.75) is 37.3 Å². The number of nitrogens with one attached hydrogen (secondary N) is 1. The second-order valence-corrected chi connectivity index (χ2v) is 8.83. The van der Waals surface area contributed by atoms with Crippen molar-refractivity contribution in [1.29, 1.82) is 0 Å². The SMILES string of the molecule is COC1CCC2(c3cc(NC(=O)c4cnc(C(F)F)cn4)ccc3F)N=C(N)SCC2C1. The molecule has 1 aliphatic carbocycles. The number of alkyl halides is 2. The van der Waals surface area contributed by atoms with Gasteiger partial charge in [0.2, 0.25) is 0 Å². The molecule has 1 fully saturated rings. The zero-order valence-corrected chi connectivity index (χ0v) is 18.0. The lowest BCUT2D eigenvalue weighted by molar-refractivity contribution is 0.0229. The van der Waals surface area contributed by atoms with Gasteiger partial charge in [-0.15, -0.1) is 0 Å². The number of carbonyl (C=O) groups is 1. The second-order valence-electron chi connectivity index (χ2n) is 7.79. The highest BCUT2D eigenvalue weighted by atomic mass is 32.2. The van der Waals surface area contributed by atoms with Crippen LogP contribution in [-0.4, -0.2) is 40.0 Å². The van der Waals surface area contributed by atoms with E-state index in [4.69, 9.17) is 15.5 Å². The molecule has 0 radical (unpaired) electrons. The van der Waals surface area contributed by atoms with Crippen LogP contribution < -0.4 is 11.1 Å². The molecule has 170 valence electrons. The van der Waals surface area contributed by atoms with Crippen LogP contribution >= 0.6 is 11.8 Å². The molecule has 2 aliphatic rings. The van der Waals surface area contributed by atoms with E-state index in [9.17, 15) is 13.6 Å². The van der Waals surface area contributed by atoms with Crippen molar-refractivity contribution >= 4 is 28.5 Å². The standard InChI is InChI=1S/C21H22F3N5O2S/c1-31-13-4-5-21(11(6-13)10-32-20(25)29-21)14-7-12(2-3-15(14)22)28-19(30)17-9-26-16(8-27-17)18(23)24/h2-3,7-9,11,13,18H,4-6,10H2,1H3,(H2,25,29)(H,28,30). The lowest BCUT2D eigenvalue weighted by Gasteiger charge is -2.46. The van der Waals surface area contributed by atoms with Crippen molar-refractivity contribution in [2.24, 2.45) is 16.6 Å². The molecule has 1 amide bonds. The molecular weight excluding hydrogens is 443 g/mol. The van der Waals surface area contributed by atoms with E-state index in [1.807, 2.05) is 0 Å². The fourth-order valence-electron chi connectivity index (χ4n) is 4.31. The maximum atomic E-state index is 15.1. The van der Waals surface area contributed by atoms with Gasteiger partial charge in [-0.25, -0.2) is 18.2 Å². The summed E-state index contributed by atoms with van der Waals surface area (Å²) >= 11 is 1.44. The third-order valence-corrected chi connectivity index (χ3v) is 6.92. The van der Waals surface area contributed by atoms with Crippen LogP contribution in [0, 0.1) is 11.7 Å². The summed E-state index contributed by atoms with van der Waals surface area (Å²) in [5.41, 5.74) is 5.23.